The molecule has 2 heterocycles. The first-order valence-electron chi connectivity index (χ1n) is 8.34. The highest BCUT2D eigenvalue weighted by Crippen LogP contribution is 2.39. The van der Waals surface area contributed by atoms with Crippen molar-refractivity contribution in [3.8, 4) is 21.9 Å². The summed E-state index contributed by atoms with van der Waals surface area (Å²) in [7, 11) is 3.34. The Morgan fingerprint density at radius 1 is 0.963 bits per heavy atom. The van der Waals surface area contributed by atoms with Crippen LogP contribution >= 0.6 is 35.3 Å². The first-order chi connectivity index (χ1) is 13.0. The van der Waals surface area contributed by atoms with E-state index in [0.717, 1.165) is 27.1 Å². The maximum absolute atomic E-state index is 5.26. The number of hydrogen-bond donors (Lipinski definition) is 1. The van der Waals surface area contributed by atoms with Gasteiger partial charge in [-0.1, -0.05) is 6.07 Å². The van der Waals surface area contributed by atoms with E-state index in [-0.39, 0.29) is 0 Å². The van der Waals surface area contributed by atoms with Crippen LogP contribution in [-0.2, 0) is 0 Å². The zero-order chi connectivity index (χ0) is 19.4. The third-order valence-corrected chi connectivity index (χ3v) is 6.31. The Bertz CT molecular complexity index is 1050. The molecule has 6 heteroatoms. The second kappa shape index (κ2) is 8.78. The normalized spacial score (nSPS) is 10.4. The van der Waals surface area contributed by atoms with Crippen molar-refractivity contribution in [2.24, 2.45) is 0 Å². The van der Waals surface area contributed by atoms with Crippen LogP contribution in [0.5, 0.6) is 11.5 Å². The number of ether oxygens (including phenoxy) is 2. The number of thiazole rings is 1. The number of aromatic nitrogens is 1. The quantitative estimate of drug-likeness (QED) is 0.381. The summed E-state index contributed by atoms with van der Waals surface area (Å²) < 4.78 is 11.5. The Balaban J connectivity index is 0.000000197. The lowest BCUT2D eigenvalue weighted by Gasteiger charge is -2.00. The van der Waals surface area contributed by atoms with Crippen LogP contribution in [0.2, 0.25) is 0 Å². The SMILES string of the molecule is COc1ccc2c(-c3sc(C)nc3C)csc2c1.COc1cccc(S)c1. The molecular formula is C21H21NO2S3. The molecule has 27 heavy (non-hydrogen) atoms. The molecule has 2 aromatic carbocycles. The standard InChI is InChI=1S/C14H13NOS2.C7H8OS/c1-8-14(18-9(2)15-8)12-7-17-13-6-10(16-3)4-5-11(12)13;1-8-6-3-2-4-7(9)5-6/h4-7H,1-3H3;2-5,9H,1H3. The van der Waals surface area contributed by atoms with Gasteiger partial charge in [-0.15, -0.1) is 35.3 Å². The first kappa shape index (κ1) is 19.7. The second-order valence-corrected chi connectivity index (χ2v) is 8.49. The minimum atomic E-state index is 0.850. The summed E-state index contributed by atoms with van der Waals surface area (Å²) in [5, 5.41) is 4.62. The van der Waals surface area contributed by atoms with Gasteiger partial charge in [0.05, 0.1) is 29.8 Å². The fourth-order valence-corrected chi connectivity index (χ4v) is 4.92. The predicted molar refractivity (Wildman–Crippen MR) is 119 cm³/mol. The van der Waals surface area contributed by atoms with Gasteiger partial charge in [-0.05, 0) is 50.2 Å². The third kappa shape index (κ3) is 4.64. The second-order valence-electron chi connectivity index (χ2n) is 5.86. The number of thiophene rings is 1. The molecule has 0 aliphatic heterocycles. The van der Waals surface area contributed by atoms with Gasteiger partial charge in [-0.3, -0.25) is 0 Å². The Hall–Kier alpha value is -2.02. The van der Waals surface area contributed by atoms with Crippen LogP contribution in [0.4, 0.5) is 0 Å². The largest absolute Gasteiger partial charge is 0.497 e. The van der Waals surface area contributed by atoms with Crippen molar-refractivity contribution in [1.29, 1.82) is 0 Å². The zero-order valence-electron chi connectivity index (χ0n) is 15.6. The van der Waals surface area contributed by atoms with Crippen LogP contribution in [0.25, 0.3) is 20.5 Å². The molecule has 0 atom stereocenters. The van der Waals surface area contributed by atoms with Crippen LogP contribution < -0.4 is 9.47 Å². The van der Waals surface area contributed by atoms with Crippen molar-refractivity contribution in [3.05, 3.63) is 58.5 Å². The highest BCUT2D eigenvalue weighted by Gasteiger charge is 2.12. The summed E-state index contributed by atoms with van der Waals surface area (Å²) in [5.74, 6) is 1.76. The number of aryl methyl sites for hydroxylation is 2. The van der Waals surface area contributed by atoms with E-state index in [4.69, 9.17) is 9.47 Å². The van der Waals surface area contributed by atoms with Gasteiger partial charge in [0.1, 0.15) is 11.5 Å². The Kier molecular flexibility index (Phi) is 6.42. The third-order valence-electron chi connectivity index (χ3n) is 3.98. The molecule has 0 amide bonds. The van der Waals surface area contributed by atoms with E-state index < -0.39 is 0 Å². The van der Waals surface area contributed by atoms with Crippen LogP contribution in [0, 0.1) is 13.8 Å². The summed E-state index contributed by atoms with van der Waals surface area (Å²) in [6, 6.07) is 13.8. The van der Waals surface area contributed by atoms with Crippen molar-refractivity contribution in [2.75, 3.05) is 14.2 Å². The Morgan fingerprint density at radius 2 is 1.70 bits per heavy atom. The first-order valence-corrected chi connectivity index (χ1v) is 10.5. The summed E-state index contributed by atoms with van der Waals surface area (Å²) in [6.07, 6.45) is 0. The molecule has 0 saturated carbocycles. The molecule has 0 saturated heterocycles. The molecule has 4 rings (SSSR count). The van der Waals surface area contributed by atoms with E-state index in [1.54, 1.807) is 36.9 Å². The van der Waals surface area contributed by atoms with Gasteiger partial charge in [-0.25, -0.2) is 4.98 Å². The fourth-order valence-electron chi connectivity index (χ4n) is 2.70. The lowest BCUT2D eigenvalue weighted by molar-refractivity contribution is 0.413. The molecule has 140 valence electrons. The van der Waals surface area contributed by atoms with Gasteiger partial charge in [0.15, 0.2) is 0 Å². The molecule has 0 unspecified atom stereocenters. The van der Waals surface area contributed by atoms with Gasteiger partial charge < -0.3 is 9.47 Å². The van der Waals surface area contributed by atoms with Crippen LogP contribution in [0.1, 0.15) is 10.7 Å². The van der Waals surface area contributed by atoms with E-state index in [1.165, 1.54) is 20.5 Å². The highest BCUT2D eigenvalue weighted by atomic mass is 32.1. The van der Waals surface area contributed by atoms with Gasteiger partial charge in [-0.2, -0.15) is 0 Å². The van der Waals surface area contributed by atoms with Crippen LogP contribution in [0.15, 0.2) is 52.7 Å². The number of benzene rings is 2. The molecule has 0 spiro atoms. The number of hydrogen-bond acceptors (Lipinski definition) is 6. The minimum absolute atomic E-state index is 0.850. The summed E-state index contributed by atoms with van der Waals surface area (Å²) in [5.41, 5.74) is 2.41. The number of methoxy groups -OCH3 is 2. The van der Waals surface area contributed by atoms with E-state index in [2.05, 4.69) is 49.0 Å². The molecule has 2 aromatic heterocycles. The van der Waals surface area contributed by atoms with Crippen molar-refractivity contribution in [2.45, 2.75) is 18.7 Å². The molecule has 0 aliphatic carbocycles. The number of nitrogens with zero attached hydrogens (tertiary/aromatic N) is 1. The van der Waals surface area contributed by atoms with E-state index >= 15 is 0 Å². The molecule has 0 radical (unpaired) electrons. The molecule has 0 N–H and O–H groups in total. The number of fused-ring (bicyclic) bond motifs is 1. The fraction of sp³-hybridized carbons (Fsp3) is 0.190. The predicted octanol–water partition coefficient (Wildman–Crippen LogP) is 6.63. The number of rotatable bonds is 3. The smallest absolute Gasteiger partial charge is 0.120 e. The maximum Gasteiger partial charge on any atom is 0.120 e. The monoisotopic (exact) mass is 415 g/mol. The van der Waals surface area contributed by atoms with Crippen LogP contribution in [0.3, 0.4) is 0 Å². The topological polar surface area (TPSA) is 31.4 Å². The zero-order valence-corrected chi connectivity index (χ0v) is 18.2. The van der Waals surface area contributed by atoms with Gasteiger partial charge >= 0.3 is 0 Å². The van der Waals surface area contributed by atoms with Gasteiger partial charge in [0.2, 0.25) is 0 Å². The van der Waals surface area contributed by atoms with Crippen molar-refractivity contribution in [3.63, 3.8) is 0 Å². The van der Waals surface area contributed by atoms with E-state index in [9.17, 15) is 0 Å². The minimum Gasteiger partial charge on any atom is -0.497 e. The molecule has 0 fully saturated rings. The lowest BCUT2D eigenvalue weighted by atomic mass is 10.1. The summed E-state index contributed by atoms with van der Waals surface area (Å²) >= 11 is 7.64. The average Bonchev–Trinajstić information content (AvgIpc) is 3.23. The van der Waals surface area contributed by atoms with Crippen LogP contribution in [-0.4, -0.2) is 19.2 Å². The summed E-state index contributed by atoms with van der Waals surface area (Å²) in [4.78, 5) is 6.71. The summed E-state index contributed by atoms with van der Waals surface area (Å²) in [6.45, 7) is 4.13. The Labute approximate surface area is 173 Å². The lowest BCUT2D eigenvalue weighted by Crippen LogP contribution is -1.81. The van der Waals surface area contributed by atoms with Gasteiger partial charge in [0.25, 0.3) is 0 Å². The molecule has 0 aliphatic rings. The van der Waals surface area contributed by atoms with Crippen molar-refractivity contribution in [1.82, 2.24) is 4.98 Å². The molecule has 3 nitrogen and oxygen atoms in total. The highest BCUT2D eigenvalue weighted by molar-refractivity contribution is 7.80. The molecule has 0 bridgehead atoms. The van der Waals surface area contributed by atoms with Crippen molar-refractivity contribution < 1.29 is 9.47 Å². The van der Waals surface area contributed by atoms with Crippen molar-refractivity contribution >= 4 is 45.4 Å². The van der Waals surface area contributed by atoms with E-state index in [0.29, 0.717) is 0 Å². The average molecular weight is 416 g/mol. The van der Waals surface area contributed by atoms with E-state index in [1.807, 2.05) is 30.3 Å². The Morgan fingerprint density at radius 3 is 2.30 bits per heavy atom. The molecule has 4 aromatic rings. The van der Waals surface area contributed by atoms with Gasteiger partial charge in [0, 0.05) is 25.9 Å². The molecular weight excluding hydrogens is 394 g/mol. The maximum atomic E-state index is 5.26. The number of thiol groups is 1.